The highest BCUT2D eigenvalue weighted by molar-refractivity contribution is 5.22. The quantitative estimate of drug-likeness (QED) is 0.858. The van der Waals surface area contributed by atoms with Crippen molar-refractivity contribution in [2.45, 2.75) is 45.7 Å². The summed E-state index contributed by atoms with van der Waals surface area (Å²) in [4.78, 5) is 6.80. The Labute approximate surface area is 119 Å². The molecule has 0 saturated carbocycles. The van der Waals surface area contributed by atoms with Gasteiger partial charge in [0.25, 0.3) is 0 Å². The van der Waals surface area contributed by atoms with E-state index in [1.165, 1.54) is 30.4 Å². The molecule has 2 aromatic rings. The first-order chi connectivity index (χ1) is 9.75. The molecule has 3 rings (SSSR count). The van der Waals surface area contributed by atoms with Crippen LogP contribution in [0.3, 0.4) is 0 Å². The second-order valence-corrected chi connectivity index (χ2v) is 5.57. The number of likely N-dealkylation sites (tertiary alicyclic amines) is 1. The van der Waals surface area contributed by atoms with Crippen LogP contribution in [0, 0.1) is 13.8 Å². The van der Waals surface area contributed by atoms with Gasteiger partial charge in [0, 0.05) is 30.5 Å². The minimum Gasteiger partial charge on any atom is -0.361 e. The molecular formula is C16H21N3O. The Bertz CT molecular complexity index is 545. The van der Waals surface area contributed by atoms with Gasteiger partial charge in [-0.2, -0.15) is 0 Å². The van der Waals surface area contributed by atoms with Gasteiger partial charge in [0.05, 0.1) is 5.69 Å². The zero-order chi connectivity index (χ0) is 13.9. The van der Waals surface area contributed by atoms with E-state index in [1.54, 1.807) is 0 Å². The van der Waals surface area contributed by atoms with Crippen LogP contribution in [0.15, 0.2) is 29.0 Å². The molecule has 3 heterocycles. The molecule has 20 heavy (non-hydrogen) atoms. The first kappa shape index (κ1) is 13.3. The number of piperidine rings is 1. The molecule has 0 aromatic carbocycles. The van der Waals surface area contributed by atoms with E-state index in [4.69, 9.17) is 4.52 Å². The van der Waals surface area contributed by atoms with Crippen molar-refractivity contribution in [1.29, 1.82) is 0 Å². The second kappa shape index (κ2) is 5.75. The summed E-state index contributed by atoms with van der Waals surface area (Å²) in [5, 5.41) is 4.07. The zero-order valence-corrected chi connectivity index (χ0v) is 12.2. The number of nitrogens with zero attached hydrogens (tertiary/aromatic N) is 3. The lowest BCUT2D eigenvalue weighted by Gasteiger charge is -2.35. The van der Waals surface area contributed by atoms with Crippen LogP contribution in [0.2, 0.25) is 0 Å². The number of hydrogen-bond acceptors (Lipinski definition) is 4. The third kappa shape index (κ3) is 2.61. The topological polar surface area (TPSA) is 42.2 Å². The maximum absolute atomic E-state index is 5.29. The molecule has 1 aliphatic rings. The summed E-state index contributed by atoms with van der Waals surface area (Å²) in [6.07, 6.45) is 7.59. The van der Waals surface area contributed by atoms with E-state index >= 15 is 0 Å². The summed E-state index contributed by atoms with van der Waals surface area (Å²) in [6.45, 7) is 6.07. The highest BCUT2D eigenvalue weighted by Crippen LogP contribution is 2.32. The predicted molar refractivity (Wildman–Crippen MR) is 77.2 cm³/mol. The van der Waals surface area contributed by atoms with E-state index in [0.717, 1.165) is 24.5 Å². The van der Waals surface area contributed by atoms with Gasteiger partial charge in [0.15, 0.2) is 0 Å². The highest BCUT2D eigenvalue weighted by atomic mass is 16.5. The van der Waals surface area contributed by atoms with Crippen molar-refractivity contribution in [1.82, 2.24) is 15.0 Å². The van der Waals surface area contributed by atoms with Gasteiger partial charge in [-0.3, -0.25) is 9.88 Å². The molecule has 0 aliphatic carbocycles. The Morgan fingerprint density at radius 1 is 1.35 bits per heavy atom. The lowest BCUT2D eigenvalue weighted by molar-refractivity contribution is 0.139. The summed E-state index contributed by atoms with van der Waals surface area (Å²) >= 11 is 0. The van der Waals surface area contributed by atoms with Gasteiger partial charge < -0.3 is 4.52 Å². The Morgan fingerprint density at radius 2 is 2.25 bits per heavy atom. The fourth-order valence-corrected chi connectivity index (χ4v) is 3.06. The minimum atomic E-state index is 0.464. The second-order valence-electron chi connectivity index (χ2n) is 5.57. The summed E-state index contributed by atoms with van der Waals surface area (Å²) in [5.41, 5.74) is 3.57. The van der Waals surface area contributed by atoms with Crippen LogP contribution >= 0.6 is 0 Å². The van der Waals surface area contributed by atoms with Gasteiger partial charge >= 0.3 is 0 Å². The number of aryl methyl sites for hydroxylation is 2. The standard InChI is InChI=1S/C16H21N3O/c1-12-15(13(2)20-18-12)11-19-9-4-3-7-16(19)14-6-5-8-17-10-14/h5-6,8,10,16H,3-4,7,9,11H2,1-2H3/t16-/m0/s1. The van der Waals surface area contributed by atoms with Crippen molar-refractivity contribution in [3.63, 3.8) is 0 Å². The first-order valence-corrected chi connectivity index (χ1v) is 7.31. The fourth-order valence-electron chi connectivity index (χ4n) is 3.06. The average Bonchev–Trinajstić information content (AvgIpc) is 2.81. The van der Waals surface area contributed by atoms with Crippen LogP contribution in [0.25, 0.3) is 0 Å². The summed E-state index contributed by atoms with van der Waals surface area (Å²) in [7, 11) is 0. The summed E-state index contributed by atoms with van der Waals surface area (Å²) in [6, 6.07) is 4.67. The van der Waals surface area contributed by atoms with E-state index in [1.807, 2.05) is 32.3 Å². The van der Waals surface area contributed by atoms with E-state index in [0.29, 0.717) is 6.04 Å². The van der Waals surface area contributed by atoms with E-state index in [2.05, 4.69) is 21.1 Å². The van der Waals surface area contributed by atoms with Crippen LogP contribution in [-0.2, 0) is 6.54 Å². The van der Waals surface area contributed by atoms with Gasteiger partial charge in [0.1, 0.15) is 5.76 Å². The van der Waals surface area contributed by atoms with Crippen molar-refractivity contribution in [3.8, 4) is 0 Å². The van der Waals surface area contributed by atoms with Crippen LogP contribution in [-0.4, -0.2) is 21.6 Å². The van der Waals surface area contributed by atoms with Crippen molar-refractivity contribution in [2.75, 3.05) is 6.54 Å². The summed E-state index contributed by atoms with van der Waals surface area (Å²) < 4.78 is 5.29. The Balaban J connectivity index is 1.83. The Hall–Kier alpha value is -1.68. The number of hydrogen-bond donors (Lipinski definition) is 0. The molecular weight excluding hydrogens is 250 g/mol. The number of pyridine rings is 1. The average molecular weight is 271 g/mol. The third-order valence-corrected chi connectivity index (χ3v) is 4.23. The van der Waals surface area contributed by atoms with Crippen LogP contribution in [0.1, 0.15) is 47.9 Å². The monoisotopic (exact) mass is 271 g/mol. The maximum atomic E-state index is 5.29. The molecule has 1 atom stereocenters. The zero-order valence-electron chi connectivity index (χ0n) is 12.2. The molecule has 0 amide bonds. The predicted octanol–water partition coefficient (Wildman–Crippen LogP) is 3.41. The number of aromatic nitrogens is 2. The molecule has 4 nitrogen and oxygen atoms in total. The molecule has 1 fully saturated rings. The normalized spacial score (nSPS) is 20.2. The van der Waals surface area contributed by atoms with E-state index in [9.17, 15) is 0 Å². The molecule has 2 aromatic heterocycles. The van der Waals surface area contributed by atoms with Crippen molar-refractivity contribution >= 4 is 0 Å². The molecule has 1 aliphatic heterocycles. The third-order valence-electron chi connectivity index (χ3n) is 4.23. The fraction of sp³-hybridized carbons (Fsp3) is 0.500. The van der Waals surface area contributed by atoms with Crippen LogP contribution < -0.4 is 0 Å². The van der Waals surface area contributed by atoms with Gasteiger partial charge in [-0.05, 0) is 44.9 Å². The van der Waals surface area contributed by atoms with Crippen molar-refractivity contribution in [2.24, 2.45) is 0 Å². The van der Waals surface area contributed by atoms with Gasteiger partial charge in [0.2, 0.25) is 0 Å². The highest BCUT2D eigenvalue weighted by Gasteiger charge is 2.25. The molecule has 106 valence electrons. The molecule has 0 radical (unpaired) electrons. The minimum absolute atomic E-state index is 0.464. The van der Waals surface area contributed by atoms with Crippen molar-refractivity contribution in [3.05, 3.63) is 47.1 Å². The Kier molecular flexibility index (Phi) is 3.83. The molecule has 0 unspecified atom stereocenters. The number of rotatable bonds is 3. The van der Waals surface area contributed by atoms with Crippen LogP contribution in [0.5, 0.6) is 0 Å². The van der Waals surface area contributed by atoms with Gasteiger partial charge in [-0.15, -0.1) is 0 Å². The maximum Gasteiger partial charge on any atom is 0.138 e. The van der Waals surface area contributed by atoms with E-state index in [-0.39, 0.29) is 0 Å². The first-order valence-electron chi connectivity index (χ1n) is 7.31. The molecule has 0 spiro atoms. The molecule has 0 bridgehead atoms. The van der Waals surface area contributed by atoms with Crippen molar-refractivity contribution < 1.29 is 4.52 Å². The van der Waals surface area contributed by atoms with Gasteiger partial charge in [-0.25, -0.2) is 0 Å². The molecule has 1 saturated heterocycles. The lowest BCUT2D eigenvalue weighted by Crippen LogP contribution is -2.33. The largest absolute Gasteiger partial charge is 0.361 e. The van der Waals surface area contributed by atoms with Gasteiger partial charge in [-0.1, -0.05) is 17.6 Å². The van der Waals surface area contributed by atoms with E-state index < -0.39 is 0 Å². The van der Waals surface area contributed by atoms with Crippen LogP contribution in [0.4, 0.5) is 0 Å². The smallest absolute Gasteiger partial charge is 0.138 e. The summed E-state index contributed by atoms with van der Waals surface area (Å²) in [5.74, 6) is 0.943. The Morgan fingerprint density at radius 3 is 2.95 bits per heavy atom. The molecule has 0 N–H and O–H groups in total. The lowest BCUT2D eigenvalue weighted by atomic mass is 9.95. The SMILES string of the molecule is Cc1noc(C)c1CN1CCCC[C@H]1c1cccnc1. The molecule has 4 heteroatoms.